The van der Waals surface area contributed by atoms with Crippen molar-refractivity contribution in [3.05, 3.63) is 76.8 Å². The normalized spacial score (nSPS) is 15.0. The van der Waals surface area contributed by atoms with E-state index < -0.39 is 0 Å². The molecular weight excluding hydrogens is 456 g/mol. The average Bonchev–Trinajstić information content (AvgIpc) is 3.31. The quantitative estimate of drug-likeness (QED) is 0.424. The van der Waals surface area contributed by atoms with Crippen LogP contribution in [0.25, 0.3) is 0 Å². The molecule has 8 heteroatoms. The molecule has 3 aromatic carbocycles. The molecule has 4 rings (SSSR count). The molecule has 7 nitrogen and oxygen atoms in total. The molecular formula is C26H25ClN2O5. The number of carbonyl (C=O) groups excluding carboxylic acids is 1. The largest absolute Gasteiger partial charge is 0.493 e. The molecule has 3 aromatic rings. The Labute approximate surface area is 203 Å². The molecule has 1 heterocycles. The summed E-state index contributed by atoms with van der Waals surface area (Å²) in [6.07, 6.45) is 0.537. The number of hydrogen-bond acceptors (Lipinski definition) is 6. The van der Waals surface area contributed by atoms with E-state index in [2.05, 4.69) is 5.10 Å². The molecule has 1 aliphatic rings. The van der Waals surface area contributed by atoms with Crippen molar-refractivity contribution < 1.29 is 23.7 Å². The minimum Gasteiger partial charge on any atom is -0.493 e. The number of carbonyl (C=O) groups is 1. The third-order valence-corrected chi connectivity index (χ3v) is 5.80. The van der Waals surface area contributed by atoms with Gasteiger partial charge in [-0.2, -0.15) is 5.10 Å². The minimum absolute atomic E-state index is 0.145. The maximum atomic E-state index is 12.4. The van der Waals surface area contributed by atoms with Crippen LogP contribution in [0, 0.1) is 0 Å². The number of halogens is 1. The zero-order chi connectivity index (χ0) is 24.2. The van der Waals surface area contributed by atoms with E-state index in [-0.39, 0.29) is 11.9 Å². The van der Waals surface area contributed by atoms with Crippen molar-refractivity contribution in [1.82, 2.24) is 5.01 Å². The van der Waals surface area contributed by atoms with Gasteiger partial charge in [0.25, 0.3) is 0 Å². The predicted octanol–water partition coefficient (Wildman–Crippen LogP) is 5.86. The van der Waals surface area contributed by atoms with Crippen LogP contribution in [0.15, 0.2) is 65.8 Å². The lowest BCUT2D eigenvalue weighted by Crippen LogP contribution is -2.24. The van der Waals surface area contributed by atoms with Crippen LogP contribution in [-0.2, 0) is 4.79 Å². The molecule has 0 fully saturated rings. The summed E-state index contributed by atoms with van der Waals surface area (Å²) in [6.45, 7) is 1.51. The summed E-state index contributed by atoms with van der Waals surface area (Å²) < 4.78 is 22.2. The first kappa shape index (κ1) is 23.4. The Bertz CT molecular complexity index is 1180. The maximum Gasteiger partial charge on any atom is 0.240 e. The third kappa shape index (κ3) is 4.79. The van der Waals surface area contributed by atoms with Crippen molar-refractivity contribution in [2.24, 2.45) is 5.10 Å². The molecule has 0 aliphatic carbocycles. The lowest BCUT2D eigenvalue weighted by Gasteiger charge is -2.20. The van der Waals surface area contributed by atoms with Crippen molar-refractivity contribution in [2.75, 3.05) is 21.3 Å². The van der Waals surface area contributed by atoms with Crippen molar-refractivity contribution in [3.8, 4) is 28.7 Å². The lowest BCUT2D eigenvalue weighted by molar-refractivity contribution is -0.130. The van der Waals surface area contributed by atoms with Crippen LogP contribution < -0.4 is 18.9 Å². The molecule has 0 bridgehead atoms. The van der Waals surface area contributed by atoms with Gasteiger partial charge in [0.1, 0.15) is 11.5 Å². The van der Waals surface area contributed by atoms with Gasteiger partial charge in [0.05, 0.1) is 33.1 Å². The Morgan fingerprint density at radius 1 is 0.912 bits per heavy atom. The number of hydrazone groups is 1. The highest BCUT2D eigenvalue weighted by Gasteiger charge is 2.32. The van der Waals surface area contributed by atoms with Gasteiger partial charge in [0.2, 0.25) is 11.7 Å². The molecule has 1 atom stereocenters. The maximum absolute atomic E-state index is 12.4. The number of amides is 1. The van der Waals surface area contributed by atoms with Crippen molar-refractivity contribution in [2.45, 2.75) is 19.4 Å². The van der Waals surface area contributed by atoms with E-state index in [9.17, 15) is 4.79 Å². The van der Waals surface area contributed by atoms with E-state index in [1.54, 1.807) is 33.5 Å². The fourth-order valence-electron chi connectivity index (χ4n) is 3.88. The molecule has 0 radical (unpaired) electrons. The number of ether oxygens (including phenoxy) is 4. The number of benzene rings is 3. The monoisotopic (exact) mass is 480 g/mol. The topological polar surface area (TPSA) is 69.6 Å². The molecule has 0 saturated carbocycles. The van der Waals surface area contributed by atoms with Gasteiger partial charge < -0.3 is 18.9 Å². The molecule has 0 saturated heterocycles. The summed E-state index contributed by atoms with van der Waals surface area (Å²) in [5.74, 6) is 2.79. The van der Waals surface area contributed by atoms with Gasteiger partial charge in [-0.15, -0.1) is 0 Å². The molecule has 1 unspecified atom stereocenters. The standard InChI is InChI=1S/C26H25ClN2O5/c1-16(30)29-23(17-5-9-20(10-6-17)34-21-11-7-19(27)8-12-21)15-22(28-29)18-13-24(31-2)26(33-4)25(14-18)32-3/h5-14,23H,15H2,1-4H3. The van der Waals surface area contributed by atoms with Crippen LogP contribution in [0.3, 0.4) is 0 Å². The fourth-order valence-corrected chi connectivity index (χ4v) is 4.01. The molecule has 34 heavy (non-hydrogen) atoms. The van der Waals surface area contributed by atoms with Crippen LogP contribution >= 0.6 is 11.6 Å². The van der Waals surface area contributed by atoms with Gasteiger partial charge in [-0.1, -0.05) is 23.7 Å². The van der Waals surface area contributed by atoms with E-state index >= 15 is 0 Å². The Hall–Kier alpha value is -3.71. The molecule has 1 aliphatic heterocycles. The molecule has 1 amide bonds. The molecule has 0 spiro atoms. The summed E-state index contributed by atoms with van der Waals surface area (Å²) in [5, 5.41) is 6.78. The van der Waals surface area contributed by atoms with E-state index in [0.29, 0.717) is 40.2 Å². The lowest BCUT2D eigenvalue weighted by atomic mass is 9.98. The summed E-state index contributed by atoms with van der Waals surface area (Å²) in [7, 11) is 4.69. The van der Waals surface area contributed by atoms with Gasteiger partial charge in [-0.3, -0.25) is 4.79 Å². The summed E-state index contributed by atoms with van der Waals surface area (Å²) >= 11 is 5.93. The Morgan fingerprint density at radius 2 is 1.47 bits per heavy atom. The first-order chi connectivity index (χ1) is 16.4. The Kier molecular flexibility index (Phi) is 6.93. The SMILES string of the molecule is COc1cc(C2=NN(C(C)=O)C(c3ccc(Oc4ccc(Cl)cc4)cc3)C2)cc(OC)c1OC. The zero-order valence-electron chi connectivity index (χ0n) is 19.4. The minimum atomic E-state index is -0.240. The fraction of sp³-hybridized carbons (Fsp3) is 0.231. The molecule has 176 valence electrons. The molecule has 0 N–H and O–H groups in total. The highest BCUT2D eigenvalue weighted by atomic mass is 35.5. The average molecular weight is 481 g/mol. The molecule has 0 aromatic heterocycles. The van der Waals surface area contributed by atoms with Gasteiger partial charge >= 0.3 is 0 Å². The third-order valence-electron chi connectivity index (χ3n) is 5.55. The second-order valence-electron chi connectivity index (χ2n) is 7.67. The van der Waals surface area contributed by atoms with Crippen LogP contribution in [0.4, 0.5) is 0 Å². The van der Waals surface area contributed by atoms with E-state index in [0.717, 1.165) is 16.8 Å². The van der Waals surface area contributed by atoms with Crippen LogP contribution in [-0.4, -0.2) is 38.0 Å². The highest BCUT2D eigenvalue weighted by Crippen LogP contribution is 2.41. The van der Waals surface area contributed by atoms with E-state index in [4.69, 9.17) is 30.5 Å². The number of methoxy groups -OCH3 is 3. The van der Waals surface area contributed by atoms with Crippen LogP contribution in [0.5, 0.6) is 28.7 Å². The highest BCUT2D eigenvalue weighted by molar-refractivity contribution is 6.30. The second-order valence-corrected chi connectivity index (χ2v) is 8.11. The summed E-state index contributed by atoms with van der Waals surface area (Å²) in [6, 6.07) is 18.2. The van der Waals surface area contributed by atoms with Crippen molar-refractivity contribution in [1.29, 1.82) is 0 Å². The number of rotatable bonds is 7. The van der Waals surface area contributed by atoms with Gasteiger partial charge in [0.15, 0.2) is 11.5 Å². The summed E-state index contributed by atoms with van der Waals surface area (Å²) in [4.78, 5) is 12.4. The Balaban J connectivity index is 1.59. The Morgan fingerprint density at radius 3 is 1.97 bits per heavy atom. The zero-order valence-corrected chi connectivity index (χ0v) is 20.1. The van der Waals surface area contributed by atoms with Crippen molar-refractivity contribution >= 4 is 23.2 Å². The predicted molar refractivity (Wildman–Crippen MR) is 130 cm³/mol. The van der Waals surface area contributed by atoms with Gasteiger partial charge in [-0.25, -0.2) is 5.01 Å². The van der Waals surface area contributed by atoms with Gasteiger partial charge in [-0.05, 0) is 54.1 Å². The first-order valence-corrected chi connectivity index (χ1v) is 11.0. The number of nitrogens with zero attached hydrogens (tertiary/aromatic N) is 2. The smallest absolute Gasteiger partial charge is 0.240 e. The van der Waals surface area contributed by atoms with Crippen LogP contribution in [0.2, 0.25) is 5.02 Å². The second kappa shape index (κ2) is 10.1. The van der Waals surface area contributed by atoms with Crippen LogP contribution in [0.1, 0.15) is 30.5 Å². The van der Waals surface area contributed by atoms with E-state index in [1.807, 2.05) is 48.5 Å². The number of hydrogen-bond donors (Lipinski definition) is 0. The summed E-state index contributed by atoms with van der Waals surface area (Å²) in [5.41, 5.74) is 2.50. The van der Waals surface area contributed by atoms with E-state index in [1.165, 1.54) is 11.9 Å². The first-order valence-electron chi connectivity index (χ1n) is 10.6. The van der Waals surface area contributed by atoms with Gasteiger partial charge in [0, 0.05) is 23.9 Å². The van der Waals surface area contributed by atoms with Crippen molar-refractivity contribution in [3.63, 3.8) is 0 Å².